The van der Waals surface area contributed by atoms with Crippen LogP contribution < -0.4 is 0 Å². The van der Waals surface area contributed by atoms with E-state index < -0.39 is 5.60 Å². The molecule has 0 N–H and O–H groups in total. The maximum absolute atomic E-state index is 12.6. The molecule has 0 aliphatic carbocycles. The van der Waals surface area contributed by atoms with E-state index in [1.54, 1.807) is 0 Å². The van der Waals surface area contributed by atoms with Gasteiger partial charge in [-0.05, 0) is 7.05 Å². The minimum absolute atomic E-state index is 0.0152. The second-order valence-electron chi connectivity index (χ2n) is 6.31. The van der Waals surface area contributed by atoms with Crippen LogP contribution in [0.3, 0.4) is 0 Å². The molecule has 4 nitrogen and oxygen atoms in total. The summed E-state index contributed by atoms with van der Waals surface area (Å²) in [6.07, 6.45) is -0.212. The zero-order valence-electron chi connectivity index (χ0n) is 13.2. The number of ether oxygens (including phenoxy) is 1. The van der Waals surface area contributed by atoms with Crippen molar-refractivity contribution in [3.63, 3.8) is 0 Å². The molecule has 0 spiro atoms. The topological polar surface area (TPSA) is 32.8 Å². The van der Waals surface area contributed by atoms with Gasteiger partial charge in [0.15, 0.2) is 5.60 Å². The van der Waals surface area contributed by atoms with Crippen molar-refractivity contribution in [3.8, 4) is 0 Å². The number of rotatable bonds is 2. The molecule has 0 aromatic heterocycles. The fourth-order valence-corrected chi connectivity index (χ4v) is 3.79. The molecule has 2 aliphatic heterocycles. The van der Waals surface area contributed by atoms with Crippen LogP contribution in [0, 0.1) is 0 Å². The summed E-state index contributed by atoms with van der Waals surface area (Å²) in [5, 5.41) is 0. The first-order valence-electron chi connectivity index (χ1n) is 8.01. The zero-order valence-corrected chi connectivity index (χ0v) is 13.2. The van der Waals surface area contributed by atoms with Crippen LogP contribution in [0.5, 0.6) is 0 Å². The number of carbonyl (C=O) groups excluding carboxylic acids is 1. The van der Waals surface area contributed by atoms with Crippen LogP contribution >= 0.6 is 0 Å². The van der Waals surface area contributed by atoms with Gasteiger partial charge in [-0.1, -0.05) is 60.7 Å². The molecule has 2 aromatic carbocycles. The standard InChI is InChI=1S/C19H20N2O2/c1-20-12-13-21-17(14-20)19(23-18(21)22,15-8-4-2-5-9-15)16-10-6-3-7-11-16/h2-11,17H,12-14H2,1H3/t17-/m0/s1. The van der Waals surface area contributed by atoms with Gasteiger partial charge < -0.3 is 9.64 Å². The normalized spacial score (nSPS) is 23.4. The van der Waals surface area contributed by atoms with Gasteiger partial charge in [-0.3, -0.25) is 4.90 Å². The number of hydrogen-bond acceptors (Lipinski definition) is 3. The van der Waals surface area contributed by atoms with Crippen molar-refractivity contribution in [2.45, 2.75) is 11.6 Å². The van der Waals surface area contributed by atoms with E-state index in [2.05, 4.69) is 36.2 Å². The molecule has 2 aromatic rings. The van der Waals surface area contributed by atoms with E-state index >= 15 is 0 Å². The van der Waals surface area contributed by atoms with Crippen molar-refractivity contribution in [3.05, 3.63) is 71.8 Å². The molecule has 0 unspecified atom stereocenters. The number of likely N-dealkylation sites (N-methyl/N-ethyl adjacent to an activating group) is 1. The number of amides is 1. The molecule has 1 amide bonds. The fraction of sp³-hybridized carbons (Fsp3) is 0.316. The van der Waals surface area contributed by atoms with Gasteiger partial charge in [0.2, 0.25) is 0 Å². The van der Waals surface area contributed by atoms with E-state index in [4.69, 9.17) is 4.74 Å². The summed E-state index contributed by atoms with van der Waals surface area (Å²) in [7, 11) is 2.10. The molecule has 1 atom stereocenters. The van der Waals surface area contributed by atoms with Gasteiger partial charge in [-0.15, -0.1) is 0 Å². The molecule has 23 heavy (non-hydrogen) atoms. The summed E-state index contributed by atoms with van der Waals surface area (Å²) < 4.78 is 6.08. The Balaban J connectivity index is 1.91. The van der Waals surface area contributed by atoms with Gasteiger partial charge in [0, 0.05) is 30.8 Å². The number of benzene rings is 2. The number of cyclic esters (lactones) is 1. The SMILES string of the molecule is CN1CCN2C(=O)OC(c3ccccc3)(c3ccccc3)[C@@H]2C1. The molecular weight excluding hydrogens is 288 g/mol. The average molecular weight is 308 g/mol. The van der Waals surface area contributed by atoms with Crippen molar-refractivity contribution < 1.29 is 9.53 Å². The Bertz CT molecular complexity index is 662. The first-order chi connectivity index (χ1) is 11.2. The van der Waals surface area contributed by atoms with Crippen molar-refractivity contribution in [2.24, 2.45) is 0 Å². The van der Waals surface area contributed by atoms with E-state index in [9.17, 15) is 4.79 Å². The van der Waals surface area contributed by atoms with Gasteiger partial charge in [0.1, 0.15) is 0 Å². The lowest BCUT2D eigenvalue weighted by Gasteiger charge is -2.41. The van der Waals surface area contributed by atoms with Crippen LogP contribution in [0.25, 0.3) is 0 Å². The summed E-state index contributed by atoms with van der Waals surface area (Å²) in [4.78, 5) is 16.7. The fourth-order valence-electron chi connectivity index (χ4n) is 3.79. The molecule has 4 rings (SSSR count). The lowest BCUT2D eigenvalue weighted by atomic mass is 9.79. The molecule has 4 heteroatoms. The van der Waals surface area contributed by atoms with E-state index in [0.717, 1.165) is 24.2 Å². The molecule has 0 bridgehead atoms. The highest BCUT2D eigenvalue weighted by Crippen LogP contribution is 2.45. The Morgan fingerprint density at radius 3 is 2.09 bits per heavy atom. The third-order valence-corrected chi connectivity index (χ3v) is 4.94. The molecule has 118 valence electrons. The highest BCUT2D eigenvalue weighted by Gasteiger charge is 2.57. The van der Waals surface area contributed by atoms with Crippen molar-refractivity contribution in [2.75, 3.05) is 26.7 Å². The summed E-state index contributed by atoms with van der Waals surface area (Å²) in [5.41, 5.74) is 1.32. The number of piperazine rings is 1. The van der Waals surface area contributed by atoms with Gasteiger partial charge in [0.05, 0.1) is 6.04 Å². The Labute approximate surface area is 136 Å². The van der Waals surface area contributed by atoms with Crippen LogP contribution in [-0.4, -0.2) is 48.6 Å². The number of fused-ring (bicyclic) bond motifs is 1. The monoisotopic (exact) mass is 308 g/mol. The molecular formula is C19H20N2O2. The highest BCUT2D eigenvalue weighted by molar-refractivity contribution is 5.74. The molecule has 2 saturated heterocycles. The van der Waals surface area contributed by atoms with Gasteiger partial charge in [-0.25, -0.2) is 4.79 Å². The predicted octanol–water partition coefficient (Wildman–Crippen LogP) is 2.70. The van der Waals surface area contributed by atoms with E-state index in [1.807, 2.05) is 41.3 Å². The Morgan fingerprint density at radius 1 is 0.957 bits per heavy atom. The Kier molecular flexibility index (Phi) is 3.34. The molecule has 2 fully saturated rings. The highest BCUT2D eigenvalue weighted by atomic mass is 16.6. The van der Waals surface area contributed by atoms with Gasteiger partial charge in [0.25, 0.3) is 0 Å². The van der Waals surface area contributed by atoms with Crippen LogP contribution in [-0.2, 0) is 10.3 Å². The van der Waals surface area contributed by atoms with Crippen molar-refractivity contribution >= 4 is 6.09 Å². The van der Waals surface area contributed by atoms with Crippen LogP contribution in [0.2, 0.25) is 0 Å². The first kappa shape index (κ1) is 14.3. The summed E-state index contributed by atoms with van der Waals surface area (Å²) in [5.74, 6) is 0. The number of nitrogens with zero attached hydrogens (tertiary/aromatic N) is 2. The zero-order chi connectivity index (χ0) is 15.9. The largest absolute Gasteiger partial charge is 0.431 e. The lowest BCUT2D eigenvalue weighted by molar-refractivity contribution is 0.0496. The quantitative estimate of drug-likeness (QED) is 0.855. The maximum atomic E-state index is 12.6. The van der Waals surface area contributed by atoms with Gasteiger partial charge >= 0.3 is 6.09 Å². The van der Waals surface area contributed by atoms with Crippen LogP contribution in [0.1, 0.15) is 11.1 Å². The van der Waals surface area contributed by atoms with E-state index in [0.29, 0.717) is 6.54 Å². The molecule has 2 aliphatic rings. The van der Waals surface area contributed by atoms with E-state index in [1.165, 1.54) is 0 Å². The van der Waals surface area contributed by atoms with Crippen LogP contribution in [0.4, 0.5) is 4.79 Å². The molecule has 0 saturated carbocycles. The Morgan fingerprint density at radius 2 is 1.52 bits per heavy atom. The predicted molar refractivity (Wildman–Crippen MR) is 88.1 cm³/mol. The van der Waals surface area contributed by atoms with Crippen LogP contribution in [0.15, 0.2) is 60.7 Å². The average Bonchev–Trinajstić information content (AvgIpc) is 2.90. The van der Waals surface area contributed by atoms with Gasteiger partial charge in [-0.2, -0.15) is 0 Å². The third-order valence-electron chi connectivity index (χ3n) is 4.94. The smallest absolute Gasteiger partial charge is 0.411 e. The second kappa shape index (κ2) is 5.39. The van der Waals surface area contributed by atoms with Crippen molar-refractivity contribution in [1.29, 1.82) is 0 Å². The molecule has 0 radical (unpaired) electrons. The molecule has 2 heterocycles. The second-order valence-corrected chi connectivity index (χ2v) is 6.31. The first-order valence-corrected chi connectivity index (χ1v) is 8.01. The minimum Gasteiger partial charge on any atom is -0.431 e. The summed E-state index contributed by atoms with van der Waals surface area (Å²) in [6, 6.07) is 20.2. The third kappa shape index (κ3) is 2.13. The number of carbonyl (C=O) groups is 1. The number of hydrogen-bond donors (Lipinski definition) is 0. The summed E-state index contributed by atoms with van der Waals surface area (Å²) in [6.45, 7) is 2.39. The minimum atomic E-state index is -0.742. The van der Waals surface area contributed by atoms with E-state index in [-0.39, 0.29) is 12.1 Å². The van der Waals surface area contributed by atoms with Crippen molar-refractivity contribution in [1.82, 2.24) is 9.80 Å². The summed E-state index contributed by atoms with van der Waals surface area (Å²) >= 11 is 0. The maximum Gasteiger partial charge on any atom is 0.411 e. The Hall–Kier alpha value is -2.33. The lowest BCUT2D eigenvalue weighted by Crippen LogP contribution is -2.56.